The van der Waals surface area contributed by atoms with E-state index in [9.17, 15) is 19.8 Å². The quantitative estimate of drug-likeness (QED) is 0.660. The van der Waals surface area contributed by atoms with Gasteiger partial charge in [0.05, 0.1) is 18.8 Å². The van der Waals surface area contributed by atoms with E-state index in [0.29, 0.717) is 32.6 Å². The van der Waals surface area contributed by atoms with Crippen molar-refractivity contribution >= 4 is 12.0 Å². The Kier molecular flexibility index (Phi) is 7.33. The number of aliphatic hydroxyl groups excluding tert-OH is 2. The van der Waals surface area contributed by atoms with E-state index in [0.717, 1.165) is 37.9 Å². The average Bonchev–Trinajstić information content (AvgIpc) is 3.61. The number of aliphatic hydroxyl groups is 2. The molecule has 0 aromatic heterocycles. The molecule has 32 heavy (non-hydrogen) atoms. The summed E-state index contributed by atoms with van der Waals surface area (Å²) in [5.41, 5.74) is 1.09. The summed E-state index contributed by atoms with van der Waals surface area (Å²) in [5, 5.41) is 20.4. The highest BCUT2D eigenvalue weighted by Gasteiger charge is 2.51. The zero-order valence-electron chi connectivity index (χ0n) is 18.7. The lowest BCUT2D eigenvalue weighted by molar-refractivity contribution is -0.133. The van der Waals surface area contributed by atoms with Gasteiger partial charge < -0.3 is 29.6 Å². The summed E-state index contributed by atoms with van der Waals surface area (Å²) in [6.07, 6.45) is 3.49. The Balaban J connectivity index is 1.25. The Hall–Kier alpha value is -2.16. The van der Waals surface area contributed by atoms with E-state index in [4.69, 9.17) is 4.74 Å². The number of benzene rings is 1. The van der Waals surface area contributed by atoms with E-state index in [1.807, 2.05) is 30.3 Å². The SMILES string of the molecule is O=C(OCc1ccccc1)N1CCC(=O)N([C@H](CO)CCN2CCC3(CC3)C(O)C2)CC1. The monoisotopic (exact) mass is 445 g/mol. The van der Waals surface area contributed by atoms with E-state index >= 15 is 0 Å². The molecule has 4 rings (SSSR count). The van der Waals surface area contributed by atoms with Gasteiger partial charge in [-0.05, 0) is 43.2 Å². The summed E-state index contributed by atoms with van der Waals surface area (Å²) < 4.78 is 5.42. The second-order valence-corrected chi connectivity index (χ2v) is 9.42. The maximum atomic E-state index is 12.7. The van der Waals surface area contributed by atoms with Crippen molar-refractivity contribution in [3.63, 3.8) is 0 Å². The van der Waals surface area contributed by atoms with Crippen LogP contribution in [0.3, 0.4) is 0 Å². The largest absolute Gasteiger partial charge is 0.445 e. The zero-order valence-corrected chi connectivity index (χ0v) is 18.7. The van der Waals surface area contributed by atoms with E-state index in [1.165, 1.54) is 0 Å². The smallest absolute Gasteiger partial charge is 0.410 e. The van der Waals surface area contributed by atoms with Gasteiger partial charge in [0, 0.05) is 39.1 Å². The second-order valence-electron chi connectivity index (χ2n) is 9.42. The fraction of sp³-hybridized carbons (Fsp3) is 0.667. The summed E-state index contributed by atoms with van der Waals surface area (Å²) in [4.78, 5) is 30.8. The van der Waals surface area contributed by atoms with E-state index < -0.39 is 6.09 Å². The van der Waals surface area contributed by atoms with Crippen LogP contribution in [0.1, 0.15) is 37.7 Å². The topological polar surface area (TPSA) is 93.5 Å². The minimum atomic E-state index is -0.416. The van der Waals surface area contributed by atoms with Crippen molar-refractivity contribution in [2.75, 3.05) is 45.9 Å². The molecule has 1 aromatic carbocycles. The van der Waals surface area contributed by atoms with Crippen molar-refractivity contribution in [3.8, 4) is 0 Å². The van der Waals surface area contributed by atoms with Crippen molar-refractivity contribution in [2.24, 2.45) is 5.41 Å². The molecule has 1 aromatic rings. The van der Waals surface area contributed by atoms with Crippen molar-refractivity contribution in [1.82, 2.24) is 14.7 Å². The van der Waals surface area contributed by atoms with Gasteiger partial charge in [-0.2, -0.15) is 0 Å². The molecule has 0 radical (unpaired) electrons. The van der Waals surface area contributed by atoms with Gasteiger partial charge in [0.2, 0.25) is 5.91 Å². The molecule has 0 bridgehead atoms. The Bertz CT molecular complexity index is 785. The predicted molar refractivity (Wildman–Crippen MR) is 119 cm³/mol. The lowest BCUT2D eigenvalue weighted by Crippen LogP contribution is -2.48. The molecule has 3 aliphatic rings. The number of β-amino-alcohol motifs (C(OH)–C–C–N with tert-alkyl or cyclic N) is 1. The number of amides is 2. The molecular weight excluding hydrogens is 410 g/mol. The molecule has 2 aliphatic heterocycles. The second kappa shape index (κ2) is 10.2. The van der Waals surface area contributed by atoms with Gasteiger partial charge in [-0.25, -0.2) is 4.79 Å². The molecule has 1 saturated carbocycles. The number of hydrogen-bond acceptors (Lipinski definition) is 6. The summed E-state index contributed by atoms with van der Waals surface area (Å²) in [6, 6.07) is 9.23. The number of likely N-dealkylation sites (tertiary alicyclic amines) is 1. The molecule has 1 aliphatic carbocycles. The fourth-order valence-electron chi connectivity index (χ4n) is 4.92. The number of rotatable bonds is 7. The van der Waals surface area contributed by atoms with Crippen LogP contribution in [0, 0.1) is 5.41 Å². The van der Waals surface area contributed by atoms with E-state index in [2.05, 4.69) is 4.90 Å². The highest BCUT2D eigenvalue weighted by molar-refractivity contribution is 5.78. The standard InChI is InChI=1S/C24H35N3O5/c28-17-20(6-11-25-13-10-24(8-9-24)21(29)16-25)27-15-14-26(12-7-22(27)30)23(31)32-18-19-4-2-1-3-5-19/h1-5,20-21,28-29H,6-18H2/t20-,21?/m0/s1. The third-order valence-electron chi connectivity index (χ3n) is 7.38. The summed E-state index contributed by atoms with van der Waals surface area (Å²) in [7, 11) is 0. The average molecular weight is 446 g/mol. The van der Waals surface area contributed by atoms with Crippen molar-refractivity contribution in [2.45, 2.75) is 50.9 Å². The molecule has 2 atom stereocenters. The summed E-state index contributed by atoms with van der Waals surface area (Å²) in [5.74, 6) is -0.0435. The van der Waals surface area contributed by atoms with Crippen LogP contribution in [0.4, 0.5) is 4.79 Å². The molecule has 3 fully saturated rings. The molecule has 8 heteroatoms. The molecule has 2 N–H and O–H groups in total. The van der Waals surface area contributed by atoms with Gasteiger partial charge in [0.25, 0.3) is 0 Å². The van der Waals surface area contributed by atoms with Gasteiger partial charge >= 0.3 is 6.09 Å². The number of carbonyl (C=O) groups is 2. The lowest BCUT2D eigenvalue weighted by atomic mass is 9.90. The molecule has 2 saturated heterocycles. The van der Waals surface area contributed by atoms with Gasteiger partial charge in [0.15, 0.2) is 0 Å². The number of hydrogen-bond donors (Lipinski definition) is 2. The van der Waals surface area contributed by atoms with Crippen LogP contribution in [0.15, 0.2) is 30.3 Å². The Morgan fingerprint density at radius 2 is 1.91 bits per heavy atom. The van der Waals surface area contributed by atoms with Crippen LogP contribution in [0.5, 0.6) is 0 Å². The normalized spacial score (nSPS) is 24.3. The van der Waals surface area contributed by atoms with E-state index in [1.54, 1.807) is 9.80 Å². The minimum absolute atomic E-state index is 0.0435. The first kappa shape index (κ1) is 23.0. The first-order valence-electron chi connectivity index (χ1n) is 11.8. The zero-order chi connectivity index (χ0) is 22.6. The van der Waals surface area contributed by atoms with Crippen LogP contribution >= 0.6 is 0 Å². The molecule has 176 valence electrons. The van der Waals surface area contributed by atoms with Crippen molar-refractivity contribution in [3.05, 3.63) is 35.9 Å². The summed E-state index contributed by atoms with van der Waals surface area (Å²) >= 11 is 0. The Morgan fingerprint density at radius 3 is 2.59 bits per heavy atom. The molecule has 8 nitrogen and oxygen atoms in total. The first-order chi connectivity index (χ1) is 15.5. The molecule has 2 heterocycles. The minimum Gasteiger partial charge on any atom is -0.445 e. The summed E-state index contributed by atoms with van der Waals surface area (Å²) in [6.45, 7) is 3.57. The first-order valence-corrected chi connectivity index (χ1v) is 11.8. The van der Waals surface area contributed by atoms with Gasteiger partial charge in [-0.15, -0.1) is 0 Å². The molecule has 1 unspecified atom stereocenters. The van der Waals surface area contributed by atoms with Crippen molar-refractivity contribution < 1.29 is 24.5 Å². The maximum Gasteiger partial charge on any atom is 0.410 e. The Labute approximate surface area is 189 Å². The molecule has 2 amide bonds. The van der Waals surface area contributed by atoms with E-state index in [-0.39, 0.29) is 43.1 Å². The van der Waals surface area contributed by atoms with Gasteiger partial charge in [-0.3, -0.25) is 4.79 Å². The van der Waals surface area contributed by atoms with Crippen LogP contribution in [0.2, 0.25) is 0 Å². The van der Waals surface area contributed by atoms with Crippen LogP contribution < -0.4 is 0 Å². The number of piperidine rings is 1. The highest BCUT2D eigenvalue weighted by Crippen LogP contribution is 2.53. The Morgan fingerprint density at radius 1 is 1.12 bits per heavy atom. The van der Waals surface area contributed by atoms with Gasteiger partial charge in [-0.1, -0.05) is 30.3 Å². The number of ether oxygens (including phenoxy) is 1. The van der Waals surface area contributed by atoms with Crippen molar-refractivity contribution in [1.29, 1.82) is 0 Å². The highest BCUT2D eigenvalue weighted by atomic mass is 16.6. The molecule has 1 spiro atoms. The van der Waals surface area contributed by atoms with Crippen LogP contribution in [-0.2, 0) is 16.1 Å². The third kappa shape index (κ3) is 5.42. The van der Waals surface area contributed by atoms with Crippen LogP contribution in [0.25, 0.3) is 0 Å². The lowest BCUT2D eigenvalue weighted by Gasteiger charge is -2.38. The number of carbonyl (C=O) groups excluding carboxylic acids is 2. The molecular formula is C24H35N3O5. The fourth-order valence-corrected chi connectivity index (χ4v) is 4.92. The number of nitrogens with zero attached hydrogens (tertiary/aromatic N) is 3. The third-order valence-corrected chi connectivity index (χ3v) is 7.38. The van der Waals surface area contributed by atoms with Gasteiger partial charge in [0.1, 0.15) is 6.61 Å². The predicted octanol–water partition coefficient (Wildman–Crippen LogP) is 1.46. The van der Waals surface area contributed by atoms with Crippen LogP contribution in [-0.4, -0.2) is 94.9 Å². The maximum absolute atomic E-state index is 12.7.